The summed E-state index contributed by atoms with van der Waals surface area (Å²) in [6.45, 7) is 6.32. The van der Waals surface area contributed by atoms with Crippen molar-refractivity contribution >= 4 is 24.9 Å². The van der Waals surface area contributed by atoms with Gasteiger partial charge < -0.3 is 4.90 Å². The first-order valence-corrected chi connectivity index (χ1v) is 10.3. The Kier molecular flexibility index (Phi) is 4.74. The van der Waals surface area contributed by atoms with Gasteiger partial charge in [0.15, 0.2) is 11.3 Å². The quantitative estimate of drug-likeness (QED) is 0.633. The molecule has 1 aromatic carbocycles. The van der Waals surface area contributed by atoms with E-state index in [1.54, 1.807) is 15.4 Å². The molecule has 1 saturated heterocycles. The van der Waals surface area contributed by atoms with Crippen LogP contribution in [0.5, 0.6) is 0 Å². The number of anilines is 1. The minimum absolute atomic E-state index is 0.187. The second kappa shape index (κ2) is 7.00. The number of alkyl halides is 2. The van der Waals surface area contributed by atoms with Crippen molar-refractivity contribution in [2.45, 2.75) is 45.1 Å². The molecule has 3 aromatic rings. The SMILES string of the molecule is CC(C)(C)c1nc(N2CCC(F)(F)C2)c2nn(Cc3ccccc3C#N)pc2n1. The number of nitrogens with zero attached hydrogens (tertiary/aromatic N) is 6. The minimum Gasteiger partial charge on any atom is -0.348 e. The zero-order valence-electron chi connectivity index (χ0n) is 16.5. The molecule has 0 radical (unpaired) electrons. The van der Waals surface area contributed by atoms with Crippen LogP contribution in [0.15, 0.2) is 24.3 Å². The number of nitriles is 1. The number of aromatic nitrogens is 4. The second-order valence-corrected chi connectivity index (χ2v) is 9.41. The van der Waals surface area contributed by atoms with Crippen LogP contribution in [-0.2, 0) is 12.0 Å². The number of hydrogen-bond donors (Lipinski definition) is 0. The summed E-state index contributed by atoms with van der Waals surface area (Å²) in [7, 11) is 0.753. The number of fused-ring (bicyclic) bond motifs is 1. The molecule has 6 nitrogen and oxygen atoms in total. The molecule has 0 amide bonds. The topological polar surface area (TPSA) is 70.6 Å². The molecule has 1 fully saturated rings. The highest BCUT2D eigenvalue weighted by molar-refractivity contribution is 7.32. The molecule has 4 rings (SSSR count). The minimum atomic E-state index is -2.72. The van der Waals surface area contributed by atoms with E-state index in [0.717, 1.165) is 13.9 Å². The third kappa shape index (κ3) is 3.92. The Hall–Kier alpha value is -2.65. The summed E-state index contributed by atoms with van der Waals surface area (Å²) in [4.78, 5) is 10.9. The lowest BCUT2D eigenvalue weighted by molar-refractivity contribution is 0.0257. The van der Waals surface area contributed by atoms with Crippen molar-refractivity contribution < 1.29 is 8.78 Å². The summed E-state index contributed by atoms with van der Waals surface area (Å²) < 4.78 is 29.5. The zero-order valence-corrected chi connectivity index (χ0v) is 17.4. The normalized spacial score (nSPS) is 16.6. The summed E-state index contributed by atoms with van der Waals surface area (Å²) in [5.74, 6) is -1.63. The van der Waals surface area contributed by atoms with Gasteiger partial charge in [-0.1, -0.05) is 39.0 Å². The van der Waals surface area contributed by atoms with Gasteiger partial charge in [0, 0.05) is 18.4 Å². The van der Waals surface area contributed by atoms with Crippen LogP contribution < -0.4 is 4.90 Å². The van der Waals surface area contributed by atoms with E-state index in [4.69, 9.17) is 0 Å². The summed E-state index contributed by atoms with van der Waals surface area (Å²) in [5, 5.41) is 14.7. The van der Waals surface area contributed by atoms with Gasteiger partial charge >= 0.3 is 0 Å². The molecule has 1 aliphatic heterocycles. The Balaban J connectivity index is 1.80. The van der Waals surface area contributed by atoms with Crippen LogP contribution in [0.3, 0.4) is 0 Å². The number of rotatable bonds is 3. The third-order valence-corrected chi connectivity index (χ3v) is 5.83. The molecule has 3 heterocycles. The number of benzene rings is 1. The van der Waals surface area contributed by atoms with Gasteiger partial charge in [-0.05, 0) is 11.6 Å². The van der Waals surface area contributed by atoms with Crippen LogP contribution in [0, 0.1) is 11.3 Å². The molecular formula is C20H21F2N6P. The van der Waals surface area contributed by atoms with Gasteiger partial charge in [0.05, 0.1) is 33.1 Å². The molecule has 29 heavy (non-hydrogen) atoms. The lowest BCUT2D eigenvalue weighted by Crippen LogP contribution is -2.27. The molecular weight excluding hydrogens is 393 g/mol. The molecule has 0 bridgehead atoms. The molecule has 0 atom stereocenters. The van der Waals surface area contributed by atoms with Gasteiger partial charge in [0.1, 0.15) is 11.1 Å². The van der Waals surface area contributed by atoms with Crippen molar-refractivity contribution in [1.82, 2.24) is 19.5 Å². The van der Waals surface area contributed by atoms with E-state index < -0.39 is 5.92 Å². The van der Waals surface area contributed by atoms with E-state index in [1.165, 1.54) is 0 Å². The molecule has 0 N–H and O–H groups in total. The van der Waals surface area contributed by atoms with Crippen molar-refractivity contribution in [2.24, 2.45) is 0 Å². The Bertz CT molecular complexity index is 1110. The van der Waals surface area contributed by atoms with Crippen LogP contribution in [0.2, 0.25) is 0 Å². The van der Waals surface area contributed by atoms with Crippen molar-refractivity contribution in [3.05, 3.63) is 41.2 Å². The Morgan fingerprint density at radius 3 is 2.66 bits per heavy atom. The highest BCUT2D eigenvalue weighted by Gasteiger charge is 2.40. The monoisotopic (exact) mass is 414 g/mol. The van der Waals surface area contributed by atoms with Crippen molar-refractivity contribution in [2.75, 3.05) is 18.0 Å². The molecule has 0 aliphatic carbocycles. The fourth-order valence-corrected chi connectivity index (χ4v) is 4.26. The molecule has 1 aliphatic rings. The van der Waals surface area contributed by atoms with Crippen molar-refractivity contribution in [1.29, 1.82) is 5.26 Å². The summed E-state index contributed by atoms with van der Waals surface area (Å²) >= 11 is 0. The van der Waals surface area contributed by atoms with E-state index in [1.807, 2.05) is 39.0 Å². The van der Waals surface area contributed by atoms with E-state index in [0.29, 0.717) is 34.5 Å². The maximum atomic E-state index is 13.9. The average molecular weight is 414 g/mol. The van der Waals surface area contributed by atoms with Gasteiger partial charge in [0.25, 0.3) is 5.92 Å². The predicted octanol–water partition coefficient (Wildman–Crippen LogP) is 4.47. The first kappa shape index (κ1) is 19.7. The average Bonchev–Trinajstić information content (AvgIpc) is 3.22. The largest absolute Gasteiger partial charge is 0.348 e. The maximum absolute atomic E-state index is 13.9. The lowest BCUT2D eigenvalue weighted by atomic mass is 9.96. The van der Waals surface area contributed by atoms with Crippen LogP contribution in [-0.4, -0.2) is 38.5 Å². The first-order chi connectivity index (χ1) is 13.7. The van der Waals surface area contributed by atoms with Crippen molar-refractivity contribution in [3.63, 3.8) is 0 Å². The zero-order chi connectivity index (χ0) is 20.8. The molecule has 150 valence electrons. The summed E-state index contributed by atoms with van der Waals surface area (Å²) in [5.41, 5.74) is 1.68. The smallest absolute Gasteiger partial charge is 0.266 e. The first-order valence-electron chi connectivity index (χ1n) is 9.40. The van der Waals surface area contributed by atoms with Crippen molar-refractivity contribution in [3.8, 4) is 6.07 Å². The highest BCUT2D eigenvalue weighted by atomic mass is 31.0. The maximum Gasteiger partial charge on any atom is 0.266 e. The molecule has 9 heteroatoms. The summed E-state index contributed by atoms with van der Waals surface area (Å²) in [6, 6.07) is 9.55. The molecule has 2 aromatic heterocycles. The van der Waals surface area contributed by atoms with Crippen LogP contribution in [0.25, 0.3) is 10.8 Å². The lowest BCUT2D eigenvalue weighted by Gasteiger charge is -2.21. The van der Waals surface area contributed by atoms with Gasteiger partial charge in [-0.2, -0.15) is 10.4 Å². The van der Waals surface area contributed by atoms with E-state index in [9.17, 15) is 14.0 Å². The van der Waals surface area contributed by atoms with E-state index in [2.05, 4.69) is 21.1 Å². The standard InChI is InChI=1S/C20H21F2N6P/c1-19(2,3)18-24-16(27-9-8-20(21,22)12-27)15-17(25-18)29-28(26-15)11-14-7-5-4-6-13(14)10-23/h4-7H,8-9,11-12H2,1-3H3. The fraction of sp³-hybridized carbons (Fsp3) is 0.450. The van der Waals surface area contributed by atoms with E-state index in [-0.39, 0.29) is 24.9 Å². The fourth-order valence-electron chi connectivity index (χ4n) is 3.30. The van der Waals surface area contributed by atoms with Gasteiger partial charge in [-0.25, -0.2) is 23.2 Å². The van der Waals surface area contributed by atoms with Gasteiger partial charge in [0.2, 0.25) is 0 Å². The molecule has 0 spiro atoms. The number of hydrogen-bond acceptors (Lipinski definition) is 5. The van der Waals surface area contributed by atoms with Crippen LogP contribution >= 0.6 is 8.35 Å². The van der Waals surface area contributed by atoms with E-state index >= 15 is 0 Å². The second-order valence-electron chi connectivity index (χ2n) is 8.32. The van der Waals surface area contributed by atoms with Gasteiger partial charge in [-0.3, -0.25) is 0 Å². The Morgan fingerprint density at radius 2 is 2.00 bits per heavy atom. The third-order valence-electron chi connectivity index (χ3n) is 4.86. The Morgan fingerprint density at radius 1 is 1.24 bits per heavy atom. The highest BCUT2D eigenvalue weighted by Crippen LogP contribution is 2.36. The van der Waals surface area contributed by atoms with Gasteiger partial charge in [-0.15, -0.1) is 0 Å². The Labute approximate surface area is 169 Å². The summed E-state index contributed by atoms with van der Waals surface area (Å²) in [6.07, 6.45) is -0.187. The van der Waals surface area contributed by atoms with Crippen LogP contribution in [0.4, 0.5) is 14.6 Å². The molecule has 0 unspecified atom stereocenters. The number of halogens is 2. The molecule has 0 saturated carbocycles. The van der Waals surface area contributed by atoms with Crippen LogP contribution in [0.1, 0.15) is 44.1 Å². The predicted molar refractivity (Wildman–Crippen MR) is 109 cm³/mol.